The van der Waals surface area contributed by atoms with Gasteiger partial charge in [0.2, 0.25) is 0 Å². The lowest BCUT2D eigenvalue weighted by Gasteiger charge is -2.13. The number of rotatable bonds is 8. The molecular formula is C15H20BrNO2. The average Bonchev–Trinajstić information content (AvgIpc) is 3.19. The molecule has 0 unspecified atom stereocenters. The normalized spacial score (nSPS) is 14.2. The lowest BCUT2D eigenvalue weighted by Crippen LogP contribution is -2.15. The molecule has 1 aromatic rings. The van der Waals surface area contributed by atoms with Gasteiger partial charge in [-0.05, 0) is 37.5 Å². The molecule has 0 heterocycles. The zero-order valence-electron chi connectivity index (χ0n) is 11.2. The number of nitrogens with one attached hydrogen (secondary N) is 1. The van der Waals surface area contributed by atoms with Crippen molar-refractivity contribution in [2.24, 2.45) is 0 Å². The second-order valence-electron chi connectivity index (χ2n) is 4.68. The Kier molecular flexibility index (Phi) is 5.28. The van der Waals surface area contributed by atoms with Gasteiger partial charge in [-0.25, -0.2) is 0 Å². The summed E-state index contributed by atoms with van der Waals surface area (Å²) in [4.78, 5) is 0. The molecule has 1 N–H and O–H groups in total. The summed E-state index contributed by atoms with van der Waals surface area (Å²) in [6, 6.07) is 6.79. The van der Waals surface area contributed by atoms with Crippen LogP contribution >= 0.6 is 15.9 Å². The Labute approximate surface area is 123 Å². The third kappa shape index (κ3) is 4.88. The smallest absolute Gasteiger partial charge is 0.161 e. The lowest BCUT2D eigenvalue weighted by molar-refractivity contribution is 0.295. The average molecular weight is 326 g/mol. The molecule has 19 heavy (non-hydrogen) atoms. The Bertz CT molecular complexity index is 444. The first-order valence-corrected chi connectivity index (χ1v) is 7.43. The first kappa shape index (κ1) is 14.4. The van der Waals surface area contributed by atoms with Gasteiger partial charge in [0.25, 0.3) is 0 Å². The molecule has 1 saturated carbocycles. The third-order valence-electron chi connectivity index (χ3n) is 2.86. The van der Waals surface area contributed by atoms with Gasteiger partial charge in [-0.2, -0.15) is 0 Å². The van der Waals surface area contributed by atoms with Crippen LogP contribution in [0.15, 0.2) is 29.3 Å². The van der Waals surface area contributed by atoms with Gasteiger partial charge in [0.05, 0.1) is 6.61 Å². The van der Waals surface area contributed by atoms with Crippen molar-refractivity contribution in [2.75, 3.05) is 13.2 Å². The highest BCUT2D eigenvalue weighted by molar-refractivity contribution is 9.11. The molecule has 0 atom stereocenters. The predicted molar refractivity (Wildman–Crippen MR) is 81.0 cm³/mol. The van der Waals surface area contributed by atoms with E-state index in [0.717, 1.165) is 22.5 Å². The van der Waals surface area contributed by atoms with E-state index in [4.69, 9.17) is 9.47 Å². The van der Waals surface area contributed by atoms with Crippen LogP contribution in [0.3, 0.4) is 0 Å². The minimum absolute atomic E-state index is 0.444. The molecule has 0 saturated heterocycles. The van der Waals surface area contributed by atoms with Crippen molar-refractivity contribution in [3.05, 3.63) is 34.8 Å². The van der Waals surface area contributed by atoms with Crippen molar-refractivity contribution in [1.82, 2.24) is 5.32 Å². The first-order valence-electron chi connectivity index (χ1n) is 6.64. The Morgan fingerprint density at radius 3 is 2.79 bits per heavy atom. The van der Waals surface area contributed by atoms with Crippen LogP contribution in [0.1, 0.15) is 25.3 Å². The summed E-state index contributed by atoms with van der Waals surface area (Å²) in [5, 5.41) is 3.49. The SMILES string of the molecule is C=C(Br)COc1ccc(CNC2CC2)cc1OCC. The van der Waals surface area contributed by atoms with E-state index in [9.17, 15) is 0 Å². The van der Waals surface area contributed by atoms with Crippen LogP contribution < -0.4 is 14.8 Å². The number of hydrogen-bond acceptors (Lipinski definition) is 3. The van der Waals surface area contributed by atoms with E-state index in [0.29, 0.717) is 19.3 Å². The number of ether oxygens (including phenoxy) is 2. The molecule has 0 radical (unpaired) electrons. The molecule has 1 aliphatic rings. The molecule has 1 fully saturated rings. The van der Waals surface area contributed by atoms with Gasteiger partial charge in [0, 0.05) is 17.1 Å². The Balaban J connectivity index is 2.01. The largest absolute Gasteiger partial charge is 0.490 e. The van der Waals surface area contributed by atoms with Gasteiger partial charge in [-0.3, -0.25) is 0 Å². The molecule has 104 valence electrons. The third-order valence-corrected chi connectivity index (χ3v) is 3.09. The second-order valence-corrected chi connectivity index (χ2v) is 5.80. The van der Waals surface area contributed by atoms with E-state index in [1.54, 1.807) is 0 Å². The standard InChI is InChI=1S/C15H20BrNO2/c1-3-18-15-8-12(9-17-13-5-6-13)4-7-14(15)19-10-11(2)16/h4,7-8,13,17H,2-3,5-6,9-10H2,1H3. The summed E-state index contributed by atoms with van der Waals surface area (Å²) in [7, 11) is 0. The van der Waals surface area contributed by atoms with Gasteiger partial charge in [-0.15, -0.1) is 0 Å². The van der Waals surface area contributed by atoms with Crippen LogP contribution in [0, 0.1) is 0 Å². The summed E-state index contributed by atoms with van der Waals surface area (Å²) in [5.41, 5.74) is 1.22. The van der Waals surface area contributed by atoms with Crippen molar-refractivity contribution in [1.29, 1.82) is 0 Å². The van der Waals surface area contributed by atoms with E-state index in [1.807, 2.05) is 19.1 Å². The van der Waals surface area contributed by atoms with Crippen molar-refractivity contribution in [3.8, 4) is 11.5 Å². The molecule has 0 aliphatic heterocycles. The van der Waals surface area contributed by atoms with E-state index >= 15 is 0 Å². The summed E-state index contributed by atoms with van der Waals surface area (Å²) in [6.07, 6.45) is 2.60. The number of benzene rings is 1. The minimum atomic E-state index is 0.444. The van der Waals surface area contributed by atoms with Crippen LogP contribution in [-0.2, 0) is 6.54 Å². The number of hydrogen-bond donors (Lipinski definition) is 1. The fourth-order valence-corrected chi connectivity index (χ4v) is 1.87. The fraction of sp³-hybridized carbons (Fsp3) is 0.467. The Morgan fingerprint density at radius 2 is 2.16 bits per heavy atom. The zero-order chi connectivity index (χ0) is 13.7. The summed E-state index contributed by atoms with van der Waals surface area (Å²) in [5.74, 6) is 1.56. The van der Waals surface area contributed by atoms with Gasteiger partial charge in [-0.1, -0.05) is 28.6 Å². The highest BCUT2D eigenvalue weighted by Crippen LogP contribution is 2.29. The van der Waals surface area contributed by atoms with Crippen molar-refractivity contribution in [2.45, 2.75) is 32.4 Å². The molecule has 1 aromatic carbocycles. The van der Waals surface area contributed by atoms with Crippen LogP contribution in [-0.4, -0.2) is 19.3 Å². The Hall–Kier alpha value is -1.00. The van der Waals surface area contributed by atoms with Crippen molar-refractivity contribution in [3.63, 3.8) is 0 Å². The number of halogens is 1. The summed E-state index contributed by atoms with van der Waals surface area (Å²) >= 11 is 3.29. The lowest BCUT2D eigenvalue weighted by atomic mass is 10.2. The minimum Gasteiger partial charge on any atom is -0.490 e. The van der Waals surface area contributed by atoms with E-state index in [1.165, 1.54) is 18.4 Å². The molecule has 0 amide bonds. The maximum absolute atomic E-state index is 5.65. The molecule has 4 heteroatoms. The maximum Gasteiger partial charge on any atom is 0.161 e. The van der Waals surface area contributed by atoms with Crippen molar-refractivity contribution < 1.29 is 9.47 Å². The summed E-state index contributed by atoms with van der Waals surface area (Å²) < 4.78 is 12.1. The van der Waals surface area contributed by atoms with Crippen LogP contribution in [0.4, 0.5) is 0 Å². The van der Waals surface area contributed by atoms with Gasteiger partial charge in [0.15, 0.2) is 11.5 Å². The van der Waals surface area contributed by atoms with Gasteiger partial charge >= 0.3 is 0 Å². The maximum atomic E-state index is 5.65. The predicted octanol–water partition coefficient (Wildman–Crippen LogP) is 3.62. The van der Waals surface area contributed by atoms with E-state index < -0.39 is 0 Å². The van der Waals surface area contributed by atoms with Gasteiger partial charge < -0.3 is 14.8 Å². The highest BCUT2D eigenvalue weighted by Gasteiger charge is 2.20. The van der Waals surface area contributed by atoms with E-state index in [2.05, 4.69) is 33.9 Å². The fourth-order valence-electron chi connectivity index (χ4n) is 1.76. The van der Waals surface area contributed by atoms with Crippen LogP contribution in [0.25, 0.3) is 0 Å². The molecule has 0 aromatic heterocycles. The molecular weight excluding hydrogens is 306 g/mol. The van der Waals surface area contributed by atoms with Crippen molar-refractivity contribution >= 4 is 15.9 Å². The molecule has 0 spiro atoms. The molecule has 3 nitrogen and oxygen atoms in total. The zero-order valence-corrected chi connectivity index (χ0v) is 12.8. The monoisotopic (exact) mass is 325 g/mol. The molecule has 1 aliphatic carbocycles. The summed E-state index contributed by atoms with van der Waals surface area (Å²) in [6.45, 7) is 7.69. The topological polar surface area (TPSA) is 30.5 Å². The van der Waals surface area contributed by atoms with Crippen LogP contribution in [0.5, 0.6) is 11.5 Å². The van der Waals surface area contributed by atoms with E-state index in [-0.39, 0.29) is 0 Å². The highest BCUT2D eigenvalue weighted by atomic mass is 79.9. The second kappa shape index (κ2) is 6.96. The van der Waals surface area contributed by atoms with Crippen LogP contribution in [0.2, 0.25) is 0 Å². The van der Waals surface area contributed by atoms with Gasteiger partial charge in [0.1, 0.15) is 6.61 Å². The Morgan fingerprint density at radius 1 is 1.37 bits per heavy atom. The molecule has 0 bridgehead atoms. The first-order chi connectivity index (χ1) is 9.19. The molecule has 2 rings (SSSR count). The quantitative estimate of drug-likeness (QED) is 0.791.